The van der Waals surface area contributed by atoms with Crippen molar-refractivity contribution in [3.63, 3.8) is 0 Å². The standard InChI is InChI=1S/C25H34N2O3/c1-4-6-16-26-25(29)23(18-20-12-8-7-9-13-20)27(24(28)11-5-2)19-21-14-10-15-22(17-21)30-3/h7-10,12-15,17,23H,4-6,11,16,18-19H2,1-3H3,(H,26,29). The molecule has 0 aliphatic heterocycles. The Kier molecular flexibility index (Phi) is 9.92. The van der Waals surface area contributed by atoms with Crippen molar-refractivity contribution in [3.05, 3.63) is 65.7 Å². The molecule has 162 valence electrons. The van der Waals surface area contributed by atoms with E-state index in [2.05, 4.69) is 12.2 Å². The van der Waals surface area contributed by atoms with Crippen LogP contribution in [0.4, 0.5) is 0 Å². The lowest BCUT2D eigenvalue weighted by atomic mass is 10.0. The van der Waals surface area contributed by atoms with Crippen LogP contribution in [-0.4, -0.2) is 36.4 Å². The van der Waals surface area contributed by atoms with Crippen molar-refractivity contribution in [2.75, 3.05) is 13.7 Å². The second-order valence-corrected chi connectivity index (χ2v) is 7.47. The van der Waals surface area contributed by atoms with Gasteiger partial charge in [0.25, 0.3) is 0 Å². The minimum absolute atomic E-state index is 0.00751. The molecule has 0 aromatic heterocycles. The van der Waals surface area contributed by atoms with E-state index in [1.54, 1.807) is 12.0 Å². The Bertz CT molecular complexity index is 792. The minimum Gasteiger partial charge on any atom is -0.497 e. The van der Waals surface area contributed by atoms with Crippen molar-refractivity contribution in [2.45, 2.75) is 58.5 Å². The Hall–Kier alpha value is -2.82. The normalized spacial score (nSPS) is 11.6. The lowest BCUT2D eigenvalue weighted by Crippen LogP contribution is -2.50. The van der Waals surface area contributed by atoms with Crippen LogP contribution in [0.2, 0.25) is 0 Å². The maximum absolute atomic E-state index is 13.2. The van der Waals surface area contributed by atoms with Gasteiger partial charge in [-0.1, -0.05) is 62.7 Å². The summed E-state index contributed by atoms with van der Waals surface area (Å²) >= 11 is 0. The predicted octanol–water partition coefficient (Wildman–Crippen LogP) is 4.35. The van der Waals surface area contributed by atoms with Crippen molar-refractivity contribution in [2.24, 2.45) is 0 Å². The lowest BCUT2D eigenvalue weighted by molar-refractivity contribution is -0.141. The van der Waals surface area contributed by atoms with Gasteiger partial charge in [0.05, 0.1) is 7.11 Å². The third-order valence-corrected chi connectivity index (χ3v) is 5.05. The first-order chi connectivity index (χ1) is 14.6. The Morgan fingerprint density at radius 1 is 1.00 bits per heavy atom. The monoisotopic (exact) mass is 410 g/mol. The van der Waals surface area contributed by atoms with Crippen LogP contribution < -0.4 is 10.1 Å². The predicted molar refractivity (Wildman–Crippen MR) is 120 cm³/mol. The van der Waals surface area contributed by atoms with Crippen LogP contribution in [0.1, 0.15) is 50.7 Å². The van der Waals surface area contributed by atoms with Gasteiger partial charge in [0.2, 0.25) is 11.8 Å². The van der Waals surface area contributed by atoms with E-state index in [0.717, 1.165) is 36.1 Å². The second-order valence-electron chi connectivity index (χ2n) is 7.47. The Balaban J connectivity index is 2.33. The number of hydrogen-bond acceptors (Lipinski definition) is 3. The molecule has 0 spiro atoms. The number of benzene rings is 2. The van der Waals surface area contributed by atoms with Crippen LogP contribution in [0.3, 0.4) is 0 Å². The molecule has 0 radical (unpaired) electrons. The number of amides is 2. The van der Waals surface area contributed by atoms with Crippen LogP contribution in [-0.2, 0) is 22.6 Å². The van der Waals surface area contributed by atoms with E-state index in [-0.39, 0.29) is 11.8 Å². The number of carbonyl (C=O) groups is 2. The average Bonchev–Trinajstić information content (AvgIpc) is 2.77. The van der Waals surface area contributed by atoms with Gasteiger partial charge in [-0.15, -0.1) is 0 Å². The summed E-state index contributed by atoms with van der Waals surface area (Å²) in [7, 11) is 1.62. The maximum atomic E-state index is 13.2. The van der Waals surface area contributed by atoms with Gasteiger partial charge >= 0.3 is 0 Å². The number of carbonyl (C=O) groups excluding carboxylic acids is 2. The minimum atomic E-state index is -0.561. The van der Waals surface area contributed by atoms with Crippen LogP contribution in [0.15, 0.2) is 54.6 Å². The fourth-order valence-electron chi connectivity index (χ4n) is 3.39. The highest BCUT2D eigenvalue weighted by Gasteiger charge is 2.29. The van der Waals surface area contributed by atoms with Crippen LogP contribution >= 0.6 is 0 Å². The Labute approximate surface area is 180 Å². The summed E-state index contributed by atoms with van der Waals surface area (Å²) in [5.74, 6) is 0.633. The molecule has 0 aliphatic rings. The van der Waals surface area contributed by atoms with E-state index in [0.29, 0.717) is 25.9 Å². The molecule has 1 unspecified atom stereocenters. The largest absolute Gasteiger partial charge is 0.497 e. The molecule has 2 rings (SSSR count). The highest BCUT2D eigenvalue weighted by Crippen LogP contribution is 2.19. The molecule has 0 fully saturated rings. The van der Waals surface area contributed by atoms with Crippen molar-refractivity contribution in [1.29, 1.82) is 0 Å². The zero-order valence-electron chi connectivity index (χ0n) is 18.4. The summed E-state index contributed by atoms with van der Waals surface area (Å²) in [6.45, 7) is 5.06. The second kappa shape index (κ2) is 12.7. The van der Waals surface area contributed by atoms with E-state index in [1.807, 2.05) is 61.5 Å². The number of ether oxygens (including phenoxy) is 1. The summed E-state index contributed by atoms with van der Waals surface area (Å²) in [6.07, 6.45) is 3.56. The molecular weight excluding hydrogens is 376 g/mol. The number of unbranched alkanes of at least 4 members (excludes halogenated alkanes) is 1. The van der Waals surface area contributed by atoms with Gasteiger partial charge in [-0.25, -0.2) is 0 Å². The summed E-state index contributed by atoms with van der Waals surface area (Å²) < 4.78 is 5.33. The zero-order chi connectivity index (χ0) is 21.8. The van der Waals surface area contributed by atoms with E-state index in [4.69, 9.17) is 4.74 Å². The molecule has 30 heavy (non-hydrogen) atoms. The SMILES string of the molecule is CCCCNC(=O)C(Cc1ccccc1)N(Cc1cccc(OC)c1)C(=O)CCC. The van der Waals surface area contributed by atoms with Crippen molar-refractivity contribution >= 4 is 11.8 Å². The first-order valence-electron chi connectivity index (χ1n) is 10.8. The first-order valence-corrected chi connectivity index (χ1v) is 10.8. The van der Waals surface area contributed by atoms with Crippen molar-refractivity contribution in [3.8, 4) is 5.75 Å². The molecular formula is C25H34N2O3. The molecule has 5 heteroatoms. The van der Waals surface area contributed by atoms with Gasteiger partial charge in [-0.05, 0) is 36.1 Å². The smallest absolute Gasteiger partial charge is 0.243 e. The summed E-state index contributed by atoms with van der Waals surface area (Å²) in [5.41, 5.74) is 1.98. The Morgan fingerprint density at radius 2 is 1.73 bits per heavy atom. The maximum Gasteiger partial charge on any atom is 0.243 e. The third-order valence-electron chi connectivity index (χ3n) is 5.05. The highest BCUT2D eigenvalue weighted by atomic mass is 16.5. The van der Waals surface area contributed by atoms with E-state index in [1.165, 1.54) is 0 Å². The number of nitrogens with zero attached hydrogens (tertiary/aromatic N) is 1. The molecule has 0 saturated heterocycles. The lowest BCUT2D eigenvalue weighted by Gasteiger charge is -2.31. The quantitative estimate of drug-likeness (QED) is 0.529. The van der Waals surface area contributed by atoms with E-state index in [9.17, 15) is 9.59 Å². The van der Waals surface area contributed by atoms with Gasteiger partial charge < -0.3 is 15.0 Å². The average molecular weight is 411 g/mol. The van der Waals surface area contributed by atoms with Gasteiger partial charge in [0.1, 0.15) is 11.8 Å². The van der Waals surface area contributed by atoms with E-state index < -0.39 is 6.04 Å². The molecule has 0 aliphatic carbocycles. The molecule has 2 amide bonds. The number of nitrogens with one attached hydrogen (secondary N) is 1. The molecule has 0 heterocycles. The highest BCUT2D eigenvalue weighted by molar-refractivity contribution is 5.88. The Morgan fingerprint density at radius 3 is 2.40 bits per heavy atom. The summed E-state index contributed by atoms with van der Waals surface area (Å²) in [6, 6.07) is 17.0. The molecule has 2 aromatic rings. The summed E-state index contributed by atoms with van der Waals surface area (Å²) in [4.78, 5) is 28.0. The molecule has 2 aromatic carbocycles. The van der Waals surface area contributed by atoms with Crippen LogP contribution in [0.5, 0.6) is 5.75 Å². The summed E-state index contributed by atoms with van der Waals surface area (Å²) in [5, 5.41) is 3.03. The van der Waals surface area contributed by atoms with Gasteiger partial charge in [0.15, 0.2) is 0 Å². The fourth-order valence-corrected chi connectivity index (χ4v) is 3.39. The molecule has 5 nitrogen and oxygen atoms in total. The number of hydrogen-bond donors (Lipinski definition) is 1. The number of methoxy groups -OCH3 is 1. The van der Waals surface area contributed by atoms with E-state index >= 15 is 0 Å². The van der Waals surface area contributed by atoms with Crippen molar-refractivity contribution in [1.82, 2.24) is 10.2 Å². The molecule has 1 atom stereocenters. The van der Waals surface area contributed by atoms with Gasteiger partial charge in [0, 0.05) is 25.9 Å². The third kappa shape index (κ3) is 7.21. The van der Waals surface area contributed by atoms with Gasteiger partial charge in [-0.2, -0.15) is 0 Å². The van der Waals surface area contributed by atoms with Crippen LogP contribution in [0.25, 0.3) is 0 Å². The zero-order valence-corrected chi connectivity index (χ0v) is 18.4. The molecule has 1 N–H and O–H groups in total. The fraction of sp³-hybridized carbons (Fsp3) is 0.440. The number of rotatable bonds is 12. The first kappa shape index (κ1) is 23.5. The van der Waals surface area contributed by atoms with Crippen LogP contribution in [0, 0.1) is 0 Å². The van der Waals surface area contributed by atoms with Gasteiger partial charge in [-0.3, -0.25) is 9.59 Å². The molecule has 0 bridgehead atoms. The van der Waals surface area contributed by atoms with Crippen molar-refractivity contribution < 1.29 is 14.3 Å². The molecule has 0 saturated carbocycles. The topological polar surface area (TPSA) is 58.6 Å².